The van der Waals surface area contributed by atoms with Crippen LogP contribution in [0.1, 0.15) is 30.6 Å². The van der Waals surface area contributed by atoms with Crippen LogP contribution in [0.15, 0.2) is 41.4 Å². The third-order valence-electron chi connectivity index (χ3n) is 5.15. The van der Waals surface area contributed by atoms with Crippen LogP contribution >= 0.6 is 0 Å². The number of carbonyl (C=O) groups is 1. The molecule has 4 heterocycles. The second kappa shape index (κ2) is 7.97. The number of carbonyl (C=O) groups excluding carboxylic acids is 1. The number of rotatable bonds is 1. The van der Waals surface area contributed by atoms with Gasteiger partial charge >= 0.3 is 0 Å². The highest BCUT2D eigenvalue weighted by Crippen LogP contribution is 2.31. The summed E-state index contributed by atoms with van der Waals surface area (Å²) in [6, 6.07) is 0.693. The van der Waals surface area contributed by atoms with Crippen LogP contribution in [0.3, 0.4) is 0 Å². The van der Waals surface area contributed by atoms with Gasteiger partial charge in [-0.1, -0.05) is 6.58 Å². The van der Waals surface area contributed by atoms with Crippen molar-refractivity contribution in [2.45, 2.75) is 38.5 Å². The normalized spacial score (nSPS) is 26.3. The second-order valence-electron chi connectivity index (χ2n) is 7.68. The van der Waals surface area contributed by atoms with E-state index in [1.165, 1.54) is 11.4 Å². The molecule has 1 amide bonds. The first-order valence-electron chi connectivity index (χ1n) is 9.83. The predicted molar refractivity (Wildman–Crippen MR) is 112 cm³/mol. The van der Waals surface area contributed by atoms with Gasteiger partial charge in [0, 0.05) is 18.2 Å². The molecule has 0 aromatic carbocycles. The van der Waals surface area contributed by atoms with Crippen LogP contribution in [0, 0.1) is 0 Å². The maximum atomic E-state index is 14.5. The average molecular weight is 431 g/mol. The molecule has 3 atom stereocenters. The number of allylic oxidation sites excluding steroid dienone is 1. The third-order valence-corrected chi connectivity index (χ3v) is 5.15. The van der Waals surface area contributed by atoms with Crippen LogP contribution in [0.5, 0.6) is 0 Å². The fourth-order valence-electron chi connectivity index (χ4n) is 3.73. The molecule has 2 aromatic heterocycles. The average Bonchev–Trinajstić information content (AvgIpc) is 3.25. The van der Waals surface area contributed by atoms with Gasteiger partial charge in [0.1, 0.15) is 30.0 Å². The number of fused-ring (bicyclic) bond motifs is 3. The molecule has 0 saturated carbocycles. The Morgan fingerprint density at radius 2 is 2.29 bits per heavy atom. The number of aromatic nitrogens is 3. The zero-order valence-electron chi connectivity index (χ0n) is 17.2. The summed E-state index contributed by atoms with van der Waals surface area (Å²) in [5.41, 5.74) is 6.75. The highest BCUT2D eigenvalue weighted by atomic mass is 19.1. The molecule has 3 N–H and O–H groups in total. The summed E-state index contributed by atoms with van der Waals surface area (Å²) < 4.78 is 35.0. The van der Waals surface area contributed by atoms with Gasteiger partial charge in [-0.3, -0.25) is 4.79 Å². The van der Waals surface area contributed by atoms with Crippen LogP contribution in [0.2, 0.25) is 0 Å². The van der Waals surface area contributed by atoms with E-state index in [4.69, 9.17) is 10.5 Å². The number of amides is 1. The maximum absolute atomic E-state index is 14.5. The van der Waals surface area contributed by atoms with E-state index in [9.17, 15) is 13.6 Å². The van der Waals surface area contributed by atoms with Crippen molar-refractivity contribution in [3.63, 3.8) is 0 Å². The van der Waals surface area contributed by atoms with Crippen molar-refractivity contribution in [1.82, 2.24) is 19.9 Å². The van der Waals surface area contributed by atoms with Crippen LogP contribution in [-0.2, 0) is 4.74 Å². The second-order valence-corrected chi connectivity index (χ2v) is 7.68. The Morgan fingerprint density at radius 1 is 1.52 bits per heavy atom. The smallest absolute Gasteiger partial charge is 0.259 e. The van der Waals surface area contributed by atoms with E-state index in [0.29, 0.717) is 11.4 Å². The molecule has 0 aliphatic carbocycles. The fourth-order valence-corrected chi connectivity index (χ4v) is 3.73. The lowest BCUT2D eigenvalue weighted by molar-refractivity contribution is 0.0927. The number of nitrogens with zero attached hydrogens (tertiary/aromatic N) is 5. The molecular weight excluding hydrogens is 408 g/mol. The monoisotopic (exact) mass is 431 g/mol. The van der Waals surface area contributed by atoms with Crippen molar-refractivity contribution in [1.29, 1.82) is 0 Å². The lowest BCUT2D eigenvalue weighted by atomic mass is 10.1. The lowest BCUT2D eigenvalue weighted by Gasteiger charge is -2.27. The molecule has 0 radical (unpaired) electrons. The van der Waals surface area contributed by atoms with E-state index in [2.05, 4.69) is 27.0 Å². The Kier molecular flexibility index (Phi) is 5.34. The molecule has 2 aliphatic heterocycles. The highest BCUT2D eigenvalue weighted by Gasteiger charge is 2.37. The van der Waals surface area contributed by atoms with Crippen molar-refractivity contribution in [2.24, 2.45) is 4.99 Å². The number of nitrogens with two attached hydrogens (primary N) is 1. The predicted octanol–water partition coefficient (Wildman–Crippen LogP) is 2.16. The van der Waals surface area contributed by atoms with Crippen molar-refractivity contribution < 1.29 is 18.3 Å². The number of aliphatic imine (C=N–C) groups is 1. The number of alkyl halides is 1. The molecule has 0 spiro atoms. The van der Waals surface area contributed by atoms with Gasteiger partial charge in [0.2, 0.25) is 5.90 Å². The molecule has 2 aliphatic rings. The Bertz CT molecular complexity index is 1110. The van der Waals surface area contributed by atoms with Gasteiger partial charge in [0.25, 0.3) is 5.91 Å². The number of nitrogen functional groups attached to an aromatic ring is 1. The molecule has 164 valence electrons. The van der Waals surface area contributed by atoms with Crippen molar-refractivity contribution in [2.75, 3.05) is 23.8 Å². The summed E-state index contributed by atoms with van der Waals surface area (Å²) in [6.45, 7) is 7.14. The first kappa shape index (κ1) is 20.8. The number of ether oxygens (including phenoxy) is 1. The van der Waals surface area contributed by atoms with E-state index < -0.39 is 30.0 Å². The summed E-state index contributed by atoms with van der Waals surface area (Å²) in [5.74, 6) is -0.455. The minimum atomic E-state index is -1.14. The summed E-state index contributed by atoms with van der Waals surface area (Å²) in [6.07, 6.45) is 1.63. The van der Waals surface area contributed by atoms with Crippen molar-refractivity contribution in [3.05, 3.63) is 42.0 Å². The van der Waals surface area contributed by atoms with Crippen LogP contribution in [0.4, 0.5) is 20.4 Å². The third kappa shape index (κ3) is 3.94. The minimum absolute atomic E-state index is 0.0294. The number of hydrogen-bond donors (Lipinski definition) is 2. The Hall–Kier alpha value is -3.50. The molecule has 31 heavy (non-hydrogen) atoms. The molecule has 1 fully saturated rings. The molecule has 9 nitrogen and oxygen atoms in total. The Labute approximate surface area is 177 Å². The largest absolute Gasteiger partial charge is 0.475 e. The summed E-state index contributed by atoms with van der Waals surface area (Å²) in [5, 5.41) is 6.93. The topological polar surface area (TPSA) is 110 Å². The Morgan fingerprint density at radius 3 is 3.03 bits per heavy atom. The standard InChI is InChI=1S/C20H23F2N7O2/c1-10(21)7-24-20-12(3)14-6-13(22)8-28(14)15-4-5-29-18(26-15)16(17(23)27-29)19(30)25-11(2)9-31-20/h4-5,7,11,13-14H,3,6,8-9H2,1-2H3,(H2,23,27)(H,25,30)/b10-7+,24-20?/t11-,13+,14-/m1/s1. The minimum Gasteiger partial charge on any atom is -0.475 e. The molecule has 1 saturated heterocycles. The lowest BCUT2D eigenvalue weighted by Crippen LogP contribution is -2.38. The number of hydrogen-bond acceptors (Lipinski definition) is 7. The Balaban J connectivity index is 1.85. The zero-order chi connectivity index (χ0) is 22.3. The maximum Gasteiger partial charge on any atom is 0.259 e. The van der Waals surface area contributed by atoms with Gasteiger partial charge < -0.3 is 20.7 Å². The van der Waals surface area contributed by atoms with E-state index in [1.807, 2.05) is 0 Å². The number of halogens is 2. The van der Waals surface area contributed by atoms with E-state index in [1.54, 1.807) is 24.1 Å². The van der Waals surface area contributed by atoms with Crippen LogP contribution < -0.4 is 16.0 Å². The molecule has 2 bridgehead atoms. The van der Waals surface area contributed by atoms with E-state index in [0.717, 1.165) is 6.20 Å². The summed E-state index contributed by atoms with van der Waals surface area (Å²) in [7, 11) is 0. The van der Waals surface area contributed by atoms with Crippen molar-refractivity contribution in [3.8, 4) is 0 Å². The molecule has 11 heteroatoms. The summed E-state index contributed by atoms with van der Waals surface area (Å²) >= 11 is 0. The number of anilines is 2. The highest BCUT2D eigenvalue weighted by molar-refractivity contribution is 6.04. The van der Waals surface area contributed by atoms with Gasteiger partial charge in [-0.2, -0.15) is 0 Å². The fraction of sp³-hybridized carbons (Fsp3) is 0.400. The molecule has 0 unspecified atom stereocenters. The SMILES string of the molecule is C=C1C(=N/C=C(\C)F)OC[C@@H](C)NC(=O)c2c(N)nn3ccc(nc23)N2C[C@@H](F)C[C@H]12. The number of nitrogens with one attached hydrogen (secondary N) is 1. The first-order chi connectivity index (χ1) is 14.7. The van der Waals surface area contributed by atoms with Gasteiger partial charge in [-0.25, -0.2) is 23.3 Å². The van der Waals surface area contributed by atoms with E-state index in [-0.39, 0.29) is 42.5 Å². The molecule has 4 rings (SSSR count). The molecular formula is C20H23F2N7O2. The van der Waals surface area contributed by atoms with E-state index >= 15 is 0 Å². The van der Waals surface area contributed by atoms with Gasteiger partial charge in [0.15, 0.2) is 11.5 Å². The van der Waals surface area contributed by atoms with Gasteiger partial charge in [0.05, 0.1) is 24.8 Å². The zero-order valence-corrected chi connectivity index (χ0v) is 17.2. The van der Waals surface area contributed by atoms with Crippen LogP contribution in [0.25, 0.3) is 5.65 Å². The van der Waals surface area contributed by atoms with Gasteiger partial charge in [-0.15, -0.1) is 5.10 Å². The molecule has 2 aromatic rings. The van der Waals surface area contributed by atoms with Crippen LogP contribution in [-0.4, -0.2) is 57.8 Å². The van der Waals surface area contributed by atoms with Gasteiger partial charge in [-0.05, 0) is 19.9 Å². The summed E-state index contributed by atoms with van der Waals surface area (Å²) in [4.78, 5) is 23.2. The first-order valence-corrected chi connectivity index (χ1v) is 9.83. The van der Waals surface area contributed by atoms with Crippen molar-refractivity contribution >= 4 is 29.1 Å². The quantitative estimate of drug-likeness (QED) is 0.716.